The lowest BCUT2D eigenvalue weighted by Gasteiger charge is -2.23. The molecule has 0 bridgehead atoms. The van der Waals surface area contributed by atoms with Crippen LogP contribution in [0.2, 0.25) is 0 Å². The van der Waals surface area contributed by atoms with E-state index in [1.165, 1.54) is 37.8 Å². The van der Waals surface area contributed by atoms with Crippen LogP contribution < -0.4 is 15.4 Å². The molecule has 0 aromatic heterocycles. The Labute approximate surface area is 122 Å². The lowest BCUT2D eigenvalue weighted by molar-refractivity contribution is 0.319. The number of ether oxygens (including phenoxy) is 1. The maximum atomic E-state index is 5.88. The van der Waals surface area contributed by atoms with Gasteiger partial charge in [-0.15, -0.1) is 0 Å². The van der Waals surface area contributed by atoms with Crippen LogP contribution in [0.1, 0.15) is 45.4 Å². The van der Waals surface area contributed by atoms with Crippen molar-refractivity contribution in [3.63, 3.8) is 0 Å². The third kappa shape index (κ3) is 2.87. The summed E-state index contributed by atoms with van der Waals surface area (Å²) in [5.74, 6) is 1.73. The number of hydrogen-bond acceptors (Lipinski definition) is 3. The Morgan fingerprint density at radius 2 is 2.10 bits per heavy atom. The molecule has 0 radical (unpaired) electrons. The summed E-state index contributed by atoms with van der Waals surface area (Å²) in [7, 11) is 0. The Balaban J connectivity index is 1.82. The Hall–Kier alpha value is -1.38. The number of nitrogens with one attached hydrogen (secondary N) is 2. The number of para-hydroxylation sites is 1. The number of fused-ring (bicyclic) bond motifs is 2. The predicted octanol–water partition coefficient (Wildman–Crippen LogP) is 4.26. The molecule has 2 N–H and O–H groups in total. The fourth-order valence-corrected chi connectivity index (χ4v) is 3.42. The van der Waals surface area contributed by atoms with Crippen molar-refractivity contribution in [1.82, 2.24) is 0 Å². The molecule has 1 fully saturated rings. The zero-order valence-corrected chi connectivity index (χ0v) is 12.5. The van der Waals surface area contributed by atoms with E-state index in [2.05, 4.69) is 35.8 Å². The molecular formula is C17H26N2O. The number of benzene rings is 1. The third-order valence-electron chi connectivity index (χ3n) is 4.53. The lowest BCUT2D eigenvalue weighted by Crippen LogP contribution is -2.30. The molecular weight excluding hydrogens is 248 g/mol. The Kier molecular flexibility index (Phi) is 4.34. The van der Waals surface area contributed by atoms with Crippen LogP contribution in [0.3, 0.4) is 0 Å². The number of rotatable bonds is 3. The van der Waals surface area contributed by atoms with Crippen molar-refractivity contribution in [3.05, 3.63) is 18.2 Å². The van der Waals surface area contributed by atoms with E-state index in [0.29, 0.717) is 6.04 Å². The summed E-state index contributed by atoms with van der Waals surface area (Å²) in [5.41, 5.74) is 2.38. The average Bonchev–Trinajstić information content (AvgIpc) is 2.78. The van der Waals surface area contributed by atoms with E-state index in [1.54, 1.807) is 0 Å². The Bertz CT molecular complexity index is 447. The van der Waals surface area contributed by atoms with E-state index in [1.807, 2.05) is 0 Å². The SMILES string of the molecule is CCCOc1cccc2c1NCC1CCCCCC1N2. The second-order valence-corrected chi connectivity index (χ2v) is 6.06. The minimum atomic E-state index is 0.618. The first kappa shape index (κ1) is 13.6. The first-order valence-corrected chi connectivity index (χ1v) is 8.14. The molecule has 1 aliphatic heterocycles. The molecule has 0 saturated heterocycles. The average molecular weight is 274 g/mol. The molecule has 2 unspecified atom stereocenters. The van der Waals surface area contributed by atoms with Gasteiger partial charge in [-0.25, -0.2) is 0 Å². The molecule has 3 rings (SSSR count). The largest absolute Gasteiger partial charge is 0.491 e. The van der Waals surface area contributed by atoms with E-state index in [9.17, 15) is 0 Å². The molecule has 2 atom stereocenters. The zero-order valence-electron chi connectivity index (χ0n) is 12.5. The fourth-order valence-electron chi connectivity index (χ4n) is 3.42. The maximum absolute atomic E-state index is 5.88. The summed E-state index contributed by atoms with van der Waals surface area (Å²) in [6, 6.07) is 6.96. The molecule has 110 valence electrons. The molecule has 1 aromatic carbocycles. The quantitative estimate of drug-likeness (QED) is 0.864. The molecule has 0 spiro atoms. The van der Waals surface area contributed by atoms with Crippen LogP contribution >= 0.6 is 0 Å². The van der Waals surface area contributed by atoms with Gasteiger partial charge in [0.1, 0.15) is 11.4 Å². The highest BCUT2D eigenvalue weighted by molar-refractivity contribution is 5.76. The summed E-state index contributed by atoms with van der Waals surface area (Å²) in [5, 5.41) is 7.42. The van der Waals surface area contributed by atoms with Gasteiger partial charge >= 0.3 is 0 Å². The van der Waals surface area contributed by atoms with E-state index >= 15 is 0 Å². The van der Waals surface area contributed by atoms with Crippen molar-refractivity contribution in [2.45, 2.75) is 51.5 Å². The highest BCUT2D eigenvalue weighted by atomic mass is 16.5. The molecule has 1 aliphatic carbocycles. The van der Waals surface area contributed by atoms with Crippen LogP contribution in [0.25, 0.3) is 0 Å². The topological polar surface area (TPSA) is 33.3 Å². The van der Waals surface area contributed by atoms with Crippen LogP contribution in [0.5, 0.6) is 5.75 Å². The monoisotopic (exact) mass is 274 g/mol. The van der Waals surface area contributed by atoms with Crippen molar-refractivity contribution in [3.8, 4) is 5.75 Å². The van der Waals surface area contributed by atoms with Gasteiger partial charge in [-0.1, -0.05) is 32.3 Å². The first-order valence-electron chi connectivity index (χ1n) is 8.14. The van der Waals surface area contributed by atoms with Gasteiger partial charge in [-0.3, -0.25) is 0 Å². The van der Waals surface area contributed by atoms with Crippen LogP contribution in [-0.4, -0.2) is 19.2 Å². The predicted molar refractivity (Wildman–Crippen MR) is 84.7 cm³/mol. The minimum absolute atomic E-state index is 0.618. The first-order chi connectivity index (χ1) is 9.88. The van der Waals surface area contributed by atoms with Crippen molar-refractivity contribution < 1.29 is 4.74 Å². The van der Waals surface area contributed by atoms with Gasteiger partial charge in [0.15, 0.2) is 0 Å². The van der Waals surface area contributed by atoms with Gasteiger partial charge in [-0.05, 0) is 37.3 Å². The van der Waals surface area contributed by atoms with Gasteiger partial charge in [0.2, 0.25) is 0 Å². The zero-order chi connectivity index (χ0) is 13.8. The van der Waals surface area contributed by atoms with Gasteiger partial charge in [0, 0.05) is 12.6 Å². The maximum Gasteiger partial charge on any atom is 0.144 e. The summed E-state index contributed by atoms with van der Waals surface area (Å²) >= 11 is 0. The van der Waals surface area contributed by atoms with Gasteiger partial charge in [-0.2, -0.15) is 0 Å². The molecule has 20 heavy (non-hydrogen) atoms. The Morgan fingerprint density at radius 1 is 1.20 bits per heavy atom. The molecule has 3 heteroatoms. The standard InChI is InChI=1S/C17H26N2O/c1-2-11-20-16-10-6-9-15-17(16)18-12-13-7-4-3-5-8-14(13)19-15/h6,9-10,13-14,18-19H,2-5,7-8,11-12H2,1H3. The van der Waals surface area contributed by atoms with E-state index in [-0.39, 0.29) is 0 Å². The molecule has 3 nitrogen and oxygen atoms in total. The Morgan fingerprint density at radius 3 is 3.00 bits per heavy atom. The molecule has 1 saturated carbocycles. The highest BCUT2D eigenvalue weighted by Gasteiger charge is 2.27. The van der Waals surface area contributed by atoms with E-state index < -0.39 is 0 Å². The number of anilines is 2. The summed E-state index contributed by atoms with van der Waals surface area (Å²) in [4.78, 5) is 0. The van der Waals surface area contributed by atoms with Gasteiger partial charge in [0.25, 0.3) is 0 Å². The second-order valence-electron chi connectivity index (χ2n) is 6.06. The van der Waals surface area contributed by atoms with Crippen LogP contribution in [0.4, 0.5) is 11.4 Å². The van der Waals surface area contributed by atoms with Crippen molar-refractivity contribution in [2.75, 3.05) is 23.8 Å². The number of hydrogen-bond donors (Lipinski definition) is 2. The van der Waals surface area contributed by atoms with Gasteiger partial charge < -0.3 is 15.4 Å². The van der Waals surface area contributed by atoms with E-state index in [4.69, 9.17) is 4.74 Å². The van der Waals surface area contributed by atoms with E-state index in [0.717, 1.165) is 36.9 Å². The smallest absolute Gasteiger partial charge is 0.144 e. The summed E-state index contributed by atoms with van der Waals surface area (Å²) in [6.45, 7) is 3.99. The van der Waals surface area contributed by atoms with Crippen molar-refractivity contribution in [2.24, 2.45) is 5.92 Å². The lowest BCUT2D eigenvalue weighted by atomic mass is 9.95. The normalized spacial score (nSPS) is 25.2. The third-order valence-corrected chi connectivity index (χ3v) is 4.53. The van der Waals surface area contributed by atoms with Crippen LogP contribution in [-0.2, 0) is 0 Å². The highest BCUT2D eigenvalue weighted by Crippen LogP contribution is 2.38. The summed E-state index contributed by atoms with van der Waals surface area (Å²) in [6.07, 6.45) is 7.80. The second kappa shape index (κ2) is 6.38. The fraction of sp³-hybridized carbons (Fsp3) is 0.647. The molecule has 2 aliphatic rings. The van der Waals surface area contributed by atoms with Crippen LogP contribution in [0, 0.1) is 5.92 Å². The van der Waals surface area contributed by atoms with Gasteiger partial charge in [0.05, 0.1) is 12.3 Å². The molecule has 0 amide bonds. The minimum Gasteiger partial charge on any atom is -0.491 e. The molecule has 1 aromatic rings. The molecule has 1 heterocycles. The summed E-state index contributed by atoms with van der Waals surface area (Å²) < 4.78 is 5.88. The van der Waals surface area contributed by atoms with Crippen LogP contribution in [0.15, 0.2) is 18.2 Å². The van der Waals surface area contributed by atoms with Crippen molar-refractivity contribution >= 4 is 11.4 Å². The van der Waals surface area contributed by atoms with Crippen molar-refractivity contribution in [1.29, 1.82) is 0 Å².